The average Bonchev–Trinajstić information content (AvgIpc) is 3.21. The zero-order valence-corrected chi connectivity index (χ0v) is 18.0. The number of carbonyl (C=O) groups is 2. The van der Waals surface area contributed by atoms with Crippen LogP contribution in [-0.4, -0.2) is 32.5 Å². The summed E-state index contributed by atoms with van der Waals surface area (Å²) in [5.41, 5.74) is 2.45. The van der Waals surface area contributed by atoms with Crippen LogP contribution in [0.2, 0.25) is 0 Å². The second-order valence-corrected chi connectivity index (χ2v) is 7.88. The van der Waals surface area contributed by atoms with Crippen LogP contribution in [0.5, 0.6) is 0 Å². The molecule has 7 nitrogen and oxygen atoms in total. The number of hydrogen-bond acceptors (Lipinski definition) is 3. The smallest absolute Gasteiger partial charge is 0.294 e. The minimum Gasteiger partial charge on any atom is -0.294 e. The molecule has 0 saturated carbocycles. The van der Waals surface area contributed by atoms with Crippen molar-refractivity contribution < 1.29 is 14.2 Å². The Labute approximate surface area is 180 Å². The zero-order chi connectivity index (χ0) is 22.3. The Balaban J connectivity index is 2.04. The van der Waals surface area contributed by atoms with Crippen LogP contribution in [0.15, 0.2) is 59.7 Å². The minimum atomic E-state index is -0.449. The maximum absolute atomic E-state index is 13.5. The monoisotopic (exact) mass is 417 g/mol. The SMILES string of the molecule is CCc1[nH]n(-c2ccccc2)c(=O)c1C1=C([n+]2cccc(C)c2)C(=O)N(C(C)C)C1=O. The van der Waals surface area contributed by atoms with Gasteiger partial charge in [0.2, 0.25) is 0 Å². The lowest BCUT2D eigenvalue weighted by molar-refractivity contribution is -0.577. The van der Waals surface area contributed by atoms with Gasteiger partial charge in [-0.1, -0.05) is 25.1 Å². The Morgan fingerprint density at radius 3 is 2.32 bits per heavy atom. The molecule has 0 saturated heterocycles. The van der Waals surface area contributed by atoms with E-state index in [-0.39, 0.29) is 28.4 Å². The number of para-hydroxylation sites is 1. The summed E-state index contributed by atoms with van der Waals surface area (Å²) in [6.45, 7) is 7.40. The molecule has 1 aromatic carbocycles. The third kappa shape index (κ3) is 3.32. The fourth-order valence-electron chi connectivity index (χ4n) is 3.96. The maximum Gasteiger partial charge on any atom is 0.327 e. The molecule has 0 fully saturated rings. The molecule has 0 bridgehead atoms. The first-order chi connectivity index (χ1) is 14.8. The number of rotatable bonds is 5. The minimum absolute atomic E-state index is 0.141. The first-order valence-electron chi connectivity index (χ1n) is 10.3. The van der Waals surface area contributed by atoms with Gasteiger partial charge in [-0.3, -0.25) is 24.4 Å². The molecular weight excluding hydrogens is 392 g/mol. The normalized spacial score (nSPS) is 14.3. The number of aromatic nitrogens is 3. The predicted molar refractivity (Wildman–Crippen MR) is 117 cm³/mol. The number of nitrogens with one attached hydrogen (secondary N) is 1. The summed E-state index contributed by atoms with van der Waals surface area (Å²) in [6, 6.07) is 12.6. The van der Waals surface area contributed by atoms with Crippen molar-refractivity contribution in [1.82, 2.24) is 14.7 Å². The number of pyridine rings is 1. The van der Waals surface area contributed by atoms with Crippen LogP contribution in [0.1, 0.15) is 37.6 Å². The summed E-state index contributed by atoms with van der Waals surface area (Å²) in [4.78, 5) is 41.5. The second-order valence-electron chi connectivity index (χ2n) is 7.88. The summed E-state index contributed by atoms with van der Waals surface area (Å²) >= 11 is 0. The van der Waals surface area contributed by atoms with E-state index in [0.29, 0.717) is 17.8 Å². The van der Waals surface area contributed by atoms with Gasteiger partial charge in [0.15, 0.2) is 12.4 Å². The molecule has 1 N–H and O–H groups in total. The standard InChI is InChI=1S/C24H24N4O3/c1-5-18-19(23(30)28(25-18)17-11-7-6-8-12-17)20-21(26-13-9-10-16(4)14-26)24(31)27(15(2)3)22(20)29/h6-15H,5H2,1-4H3/p+1. The molecule has 0 spiro atoms. The Kier molecular flexibility index (Phi) is 5.19. The van der Waals surface area contributed by atoms with Gasteiger partial charge in [-0.25, -0.2) is 4.68 Å². The molecule has 1 aliphatic rings. The van der Waals surface area contributed by atoms with Crippen molar-refractivity contribution in [2.24, 2.45) is 0 Å². The van der Waals surface area contributed by atoms with Crippen molar-refractivity contribution in [1.29, 1.82) is 0 Å². The summed E-state index contributed by atoms with van der Waals surface area (Å²) in [6.07, 6.45) is 4.02. The lowest BCUT2D eigenvalue weighted by atomic mass is 10.0. The number of aryl methyl sites for hydroxylation is 2. The van der Waals surface area contributed by atoms with Crippen LogP contribution in [-0.2, 0) is 16.0 Å². The number of imide groups is 1. The zero-order valence-electron chi connectivity index (χ0n) is 18.0. The Bertz CT molecular complexity index is 1270. The Morgan fingerprint density at radius 1 is 1.00 bits per heavy atom. The van der Waals surface area contributed by atoms with Crippen molar-refractivity contribution in [3.8, 4) is 5.69 Å². The average molecular weight is 417 g/mol. The van der Waals surface area contributed by atoms with Gasteiger partial charge in [0.25, 0.3) is 17.2 Å². The van der Waals surface area contributed by atoms with Crippen LogP contribution in [0.25, 0.3) is 17.0 Å². The molecule has 2 amide bonds. The topological polar surface area (TPSA) is 79.1 Å². The first kappa shape index (κ1) is 20.5. The molecule has 158 valence electrons. The largest absolute Gasteiger partial charge is 0.327 e. The highest BCUT2D eigenvalue weighted by atomic mass is 16.2. The van der Waals surface area contributed by atoms with E-state index in [1.165, 1.54) is 9.58 Å². The van der Waals surface area contributed by atoms with E-state index >= 15 is 0 Å². The van der Waals surface area contributed by atoms with Crippen molar-refractivity contribution in [3.63, 3.8) is 0 Å². The summed E-state index contributed by atoms with van der Waals surface area (Å²) in [5.74, 6) is -0.852. The van der Waals surface area contributed by atoms with Crippen molar-refractivity contribution in [3.05, 3.63) is 82.0 Å². The van der Waals surface area contributed by atoms with Gasteiger partial charge in [-0.05, 0) is 45.4 Å². The van der Waals surface area contributed by atoms with Gasteiger partial charge in [0.05, 0.1) is 11.3 Å². The lowest BCUT2D eigenvalue weighted by Crippen LogP contribution is -2.42. The van der Waals surface area contributed by atoms with Crippen LogP contribution in [0, 0.1) is 6.92 Å². The van der Waals surface area contributed by atoms with Crippen molar-refractivity contribution in [2.45, 2.75) is 40.2 Å². The highest BCUT2D eigenvalue weighted by Crippen LogP contribution is 2.31. The van der Waals surface area contributed by atoms with E-state index in [1.807, 2.05) is 56.3 Å². The van der Waals surface area contributed by atoms with E-state index < -0.39 is 11.8 Å². The molecule has 4 rings (SSSR count). The molecule has 3 aromatic rings. The third-order valence-electron chi connectivity index (χ3n) is 5.40. The molecule has 31 heavy (non-hydrogen) atoms. The summed E-state index contributed by atoms with van der Waals surface area (Å²) in [5, 5.41) is 3.13. The number of nitrogens with zero attached hydrogens (tertiary/aromatic N) is 3. The van der Waals surface area contributed by atoms with Crippen LogP contribution in [0.3, 0.4) is 0 Å². The Morgan fingerprint density at radius 2 is 1.71 bits per heavy atom. The third-order valence-corrected chi connectivity index (χ3v) is 5.40. The molecule has 3 heterocycles. The highest BCUT2D eigenvalue weighted by molar-refractivity contribution is 6.44. The molecule has 2 aromatic heterocycles. The summed E-state index contributed by atoms with van der Waals surface area (Å²) in [7, 11) is 0. The number of H-pyrrole nitrogens is 1. The maximum atomic E-state index is 13.5. The van der Waals surface area contributed by atoms with Crippen molar-refractivity contribution in [2.75, 3.05) is 0 Å². The number of amides is 2. The van der Waals surface area contributed by atoms with Gasteiger partial charge in [-0.2, -0.15) is 4.57 Å². The molecule has 0 unspecified atom stereocenters. The van der Waals surface area contributed by atoms with Gasteiger partial charge in [0, 0.05) is 23.4 Å². The quantitative estimate of drug-likeness (QED) is 0.512. The lowest BCUT2D eigenvalue weighted by Gasteiger charge is -2.17. The van der Waals surface area contributed by atoms with Gasteiger partial charge in [-0.15, -0.1) is 0 Å². The van der Waals surface area contributed by atoms with Gasteiger partial charge >= 0.3 is 5.91 Å². The molecule has 1 aliphatic heterocycles. The number of aromatic amines is 1. The number of hydrogen-bond donors (Lipinski definition) is 1. The summed E-state index contributed by atoms with van der Waals surface area (Å²) < 4.78 is 3.07. The predicted octanol–water partition coefficient (Wildman–Crippen LogP) is 2.47. The van der Waals surface area contributed by atoms with Crippen LogP contribution < -0.4 is 10.1 Å². The van der Waals surface area contributed by atoms with Crippen LogP contribution in [0.4, 0.5) is 0 Å². The van der Waals surface area contributed by atoms with Gasteiger partial charge in [0.1, 0.15) is 5.57 Å². The molecular formula is C24H25N4O3+. The van der Waals surface area contributed by atoms with E-state index in [4.69, 9.17) is 0 Å². The van der Waals surface area contributed by atoms with E-state index in [9.17, 15) is 14.4 Å². The molecule has 0 atom stereocenters. The number of carbonyl (C=O) groups excluding carboxylic acids is 2. The number of benzene rings is 1. The fourth-order valence-corrected chi connectivity index (χ4v) is 3.96. The molecule has 0 radical (unpaired) electrons. The molecule has 7 heteroatoms. The van der Waals surface area contributed by atoms with E-state index in [1.54, 1.807) is 30.8 Å². The fraction of sp³-hybridized carbons (Fsp3) is 0.250. The van der Waals surface area contributed by atoms with E-state index in [0.717, 1.165) is 5.56 Å². The van der Waals surface area contributed by atoms with Crippen molar-refractivity contribution >= 4 is 23.1 Å². The highest BCUT2D eigenvalue weighted by Gasteiger charge is 2.48. The van der Waals surface area contributed by atoms with Crippen LogP contribution >= 0.6 is 0 Å². The van der Waals surface area contributed by atoms with Gasteiger partial charge < -0.3 is 0 Å². The second kappa shape index (κ2) is 7.83. The molecule has 0 aliphatic carbocycles. The van der Waals surface area contributed by atoms with E-state index in [2.05, 4.69) is 5.10 Å². The first-order valence-corrected chi connectivity index (χ1v) is 10.3. The Hall–Kier alpha value is -3.74.